The van der Waals surface area contributed by atoms with Crippen LogP contribution in [0.4, 0.5) is 13.2 Å². The fourth-order valence-electron chi connectivity index (χ4n) is 1.58. The molecule has 0 spiro atoms. The molecule has 1 rings (SSSR count). The third-order valence-corrected chi connectivity index (χ3v) is 4.03. The van der Waals surface area contributed by atoms with E-state index in [0.29, 0.717) is 12.1 Å². The topological polar surface area (TPSA) is 83.5 Å². The summed E-state index contributed by atoms with van der Waals surface area (Å²) in [6.07, 6.45) is -4.88. The van der Waals surface area contributed by atoms with Crippen molar-refractivity contribution in [3.63, 3.8) is 0 Å². The highest BCUT2D eigenvalue weighted by Crippen LogP contribution is 2.33. The van der Waals surface area contributed by atoms with Gasteiger partial charge in [-0.15, -0.1) is 0 Å². The molecule has 5 nitrogen and oxygen atoms in total. The molecule has 0 atom stereocenters. The molecule has 21 heavy (non-hydrogen) atoms. The minimum Gasteiger partial charge on any atom is -0.478 e. The van der Waals surface area contributed by atoms with E-state index in [9.17, 15) is 26.4 Å². The van der Waals surface area contributed by atoms with Crippen LogP contribution < -0.4 is 4.72 Å². The Balaban J connectivity index is 3.43. The number of aromatic carboxylic acids is 1. The summed E-state index contributed by atoms with van der Waals surface area (Å²) in [6, 6.07) is 1.67. The highest BCUT2D eigenvalue weighted by molar-refractivity contribution is 7.89. The Bertz CT molecular complexity index is 660. The number of hydrogen-bond acceptors (Lipinski definition) is 3. The van der Waals surface area contributed by atoms with E-state index >= 15 is 0 Å². The normalized spacial score (nSPS) is 13.2. The van der Waals surface area contributed by atoms with Crippen LogP contribution in [0.5, 0.6) is 0 Å². The second kappa shape index (κ2) is 5.30. The van der Waals surface area contributed by atoms with Gasteiger partial charge in [-0.05, 0) is 39.0 Å². The van der Waals surface area contributed by atoms with Crippen molar-refractivity contribution in [1.29, 1.82) is 0 Å². The molecule has 0 aliphatic carbocycles. The first kappa shape index (κ1) is 17.4. The molecule has 0 aliphatic heterocycles. The van der Waals surface area contributed by atoms with Crippen LogP contribution in [-0.2, 0) is 16.2 Å². The van der Waals surface area contributed by atoms with E-state index in [1.54, 1.807) is 20.8 Å². The van der Waals surface area contributed by atoms with E-state index in [0.717, 1.165) is 6.07 Å². The number of hydrogen-bond donors (Lipinski definition) is 2. The van der Waals surface area contributed by atoms with Crippen molar-refractivity contribution in [2.24, 2.45) is 0 Å². The molecular weight excluding hydrogens is 311 g/mol. The van der Waals surface area contributed by atoms with Gasteiger partial charge < -0.3 is 5.11 Å². The largest absolute Gasteiger partial charge is 0.478 e. The van der Waals surface area contributed by atoms with Crippen LogP contribution >= 0.6 is 0 Å². The van der Waals surface area contributed by atoms with E-state index in [1.807, 2.05) is 0 Å². The summed E-state index contributed by atoms with van der Waals surface area (Å²) in [5, 5.41) is 8.84. The van der Waals surface area contributed by atoms with Gasteiger partial charge in [-0.1, -0.05) is 0 Å². The van der Waals surface area contributed by atoms with E-state index in [-0.39, 0.29) is 0 Å². The Morgan fingerprint density at radius 3 is 2.10 bits per heavy atom. The molecular formula is C12H14F3NO4S. The maximum absolute atomic E-state index is 12.7. The van der Waals surface area contributed by atoms with Crippen LogP contribution in [0.1, 0.15) is 36.7 Å². The molecule has 0 aliphatic rings. The predicted octanol–water partition coefficient (Wildman–Crippen LogP) is 2.48. The first-order chi connectivity index (χ1) is 9.24. The van der Waals surface area contributed by atoms with Gasteiger partial charge in [-0.25, -0.2) is 17.9 Å². The molecule has 0 unspecified atom stereocenters. The van der Waals surface area contributed by atoms with E-state index in [2.05, 4.69) is 4.72 Å². The summed E-state index contributed by atoms with van der Waals surface area (Å²) in [5.41, 5.74) is -3.37. The Hall–Kier alpha value is -1.61. The van der Waals surface area contributed by atoms with E-state index in [4.69, 9.17) is 5.11 Å². The van der Waals surface area contributed by atoms with Crippen LogP contribution in [-0.4, -0.2) is 25.0 Å². The number of rotatable bonds is 3. The van der Waals surface area contributed by atoms with Crippen LogP contribution in [0.25, 0.3) is 0 Å². The molecule has 9 heteroatoms. The van der Waals surface area contributed by atoms with Crippen molar-refractivity contribution in [3.05, 3.63) is 29.3 Å². The first-order valence-electron chi connectivity index (χ1n) is 5.72. The average Bonchev–Trinajstić information content (AvgIpc) is 2.23. The maximum Gasteiger partial charge on any atom is 0.417 e. The molecule has 0 fully saturated rings. The van der Waals surface area contributed by atoms with Gasteiger partial charge >= 0.3 is 12.1 Å². The molecule has 0 radical (unpaired) electrons. The number of carboxylic acids is 1. The van der Waals surface area contributed by atoms with Crippen molar-refractivity contribution in [3.8, 4) is 0 Å². The van der Waals surface area contributed by atoms with Crippen LogP contribution in [0, 0.1) is 0 Å². The zero-order valence-corrected chi connectivity index (χ0v) is 12.3. The lowest BCUT2D eigenvalue weighted by molar-refractivity contribution is -0.138. The number of nitrogens with one attached hydrogen (secondary N) is 1. The standard InChI is InChI=1S/C12H14F3NO4S/c1-11(2,3)16-21(19,20)7-4-5-9(12(13,14)15)8(6-7)10(17)18/h4-6,16H,1-3H3,(H,17,18). The van der Waals surface area contributed by atoms with Gasteiger partial charge in [0.05, 0.1) is 16.0 Å². The predicted molar refractivity (Wildman–Crippen MR) is 68.5 cm³/mol. The third kappa shape index (κ3) is 4.43. The van der Waals surface area contributed by atoms with Crippen molar-refractivity contribution in [2.45, 2.75) is 37.4 Å². The van der Waals surface area contributed by atoms with Gasteiger partial charge in [0.25, 0.3) is 0 Å². The highest BCUT2D eigenvalue weighted by atomic mass is 32.2. The summed E-state index contributed by atoms with van der Waals surface area (Å²) in [4.78, 5) is 10.4. The summed E-state index contributed by atoms with van der Waals surface area (Å²) in [7, 11) is -4.12. The fraction of sp³-hybridized carbons (Fsp3) is 0.417. The summed E-state index contributed by atoms with van der Waals surface area (Å²) in [6.45, 7) is 4.65. The van der Waals surface area contributed by atoms with Gasteiger partial charge in [-0.2, -0.15) is 13.2 Å². The Labute approximate surface area is 119 Å². The molecule has 2 N–H and O–H groups in total. The Morgan fingerprint density at radius 1 is 1.19 bits per heavy atom. The molecule has 0 aromatic heterocycles. The molecule has 0 saturated carbocycles. The van der Waals surface area contributed by atoms with Crippen molar-refractivity contribution < 1.29 is 31.5 Å². The second-order valence-electron chi connectivity index (χ2n) is 5.37. The molecule has 0 bridgehead atoms. The average molecular weight is 325 g/mol. The van der Waals surface area contributed by atoms with Gasteiger partial charge in [-0.3, -0.25) is 0 Å². The number of alkyl halides is 3. The van der Waals surface area contributed by atoms with E-state index in [1.165, 1.54) is 0 Å². The van der Waals surface area contributed by atoms with Gasteiger partial charge in [0, 0.05) is 5.54 Å². The highest BCUT2D eigenvalue weighted by Gasteiger charge is 2.36. The summed E-state index contributed by atoms with van der Waals surface area (Å²) in [5.74, 6) is -1.85. The number of sulfonamides is 1. The second-order valence-corrected chi connectivity index (χ2v) is 7.05. The quantitative estimate of drug-likeness (QED) is 0.894. The van der Waals surface area contributed by atoms with Crippen molar-refractivity contribution >= 4 is 16.0 Å². The number of carboxylic acid groups (broad SMARTS) is 1. The molecule has 118 valence electrons. The minimum atomic E-state index is -4.88. The monoisotopic (exact) mass is 325 g/mol. The number of carbonyl (C=O) groups is 1. The third-order valence-electron chi connectivity index (χ3n) is 2.28. The zero-order valence-electron chi connectivity index (χ0n) is 11.4. The van der Waals surface area contributed by atoms with Crippen LogP contribution in [0.3, 0.4) is 0 Å². The lowest BCUT2D eigenvalue weighted by atomic mass is 10.1. The number of halogens is 3. The molecule has 0 saturated heterocycles. The zero-order chi connectivity index (χ0) is 16.6. The molecule has 0 amide bonds. The van der Waals surface area contributed by atoms with Gasteiger partial charge in [0.1, 0.15) is 0 Å². The number of benzene rings is 1. The molecule has 1 aromatic carbocycles. The van der Waals surface area contributed by atoms with Crippen molar-refractivity contribution in [1.82, 2.24) is 4.72 Å². The molecule has 1 aromatic rings. The minimum absolute atomic E-state index is 0.445. The lowest BCUT2D eigenvalue weighted by Crippen LogP contribution is -2.40. The maximum atomic E-state index is 12.7. The summed E-state index contributed by atoms with van der Waals surface area (Å²) < 4.78 is 64.3. The van der Waals surface area contributed by atoms with Crippen molar-refractivity contribution in [2.75, 3.05) is 0 Å². The lowest BCUT2D eigenvalue weighted by Gasteiger charge is -2.21. The van der Waals surface area contributed by atoms with E-state index < -0.39 is 43.7 Å². The Kier molecular flexibility index (Phi) is 4.40. The fourth-order valence-corrected chi connectivity index (χ4v) is 3.02. The first-order valence-corrected chi connectivity index (χ1v) is 7.21. The van der Waals surface area contributed by atoms with Gasteiger partial charge in [0.15, 0.2) is 0 Å². The summed E-state index contributed by atoms with van der Waals surface area (Å²) >= 11 is 0. The smallest absolute Gasteiger partial charge is 0.417 e. The molecule has 0 heterocycles. The van der Waals surface area contributed by atoms with Crippen LogP contribution in [0.15, 0.2) is 23.1 Å². The van der Waals surface area contributed by atoms with Crippen LogP contribution in [0.2, 0.25) is 0 Å². The van der Waals surface area contributed by atoms with Gasteiger partial charge in [0.2, 0.25) is 10.0 Å². The Morgan fingerprint density at radius 2 is 1.71 bits per heavy atom. The SMILES string of the molecule is CC(C)(C)NS(=O)(=O)c1ccc(C(F)(F)F)c(C(=O)O)c1.